The van der Waals surface area contributed by atoms with Crippen molar-refractivity contribution in [2.45, 2.75) is 76.6 Å². The first-order valence-electron chi connectivity index (χ1n) is 11.7. The molecule has 1 aromatic rings. The molecule has 5 rings (SSSR count). The highest BCUT2D eigenvalue weighted by Gasteiger charge is 2.54. The van der Waals surface area contributed by atoms with E-state index in [2.05, 4.69) is 12.2 Å². The molecule has 0 radical (unpaired) electrons. The number of carbonyl (C=O) groups excluding carboxylic acids is 2. The van der Waals surface area contributed by atoms with Gasteiger partial charge in [-0.05, 0) is 62.1 Å². The van der Waals surface area contributed by atoms with Crippen LogP contribution in [0.5, 0.6) is 11.5 Å². The molecule has 31 heavy (non-hydrogen) atoms. The van der Waals surface area contributed by atoms with Crippen molar-refractivity contribution >= 4 is 11.8 Å². The van der Waals surface area contributed by atoms with E-state index in [1.54, 1.807) is 0 Å². The van der Waals surface area contributed by atoms with Gasteiger partial charge < -0.3 is 19.5 Å². The zero-order valence-electron chi connectivity index (χ0n) is 18.2. The van der Waals surface area contributed by atoms with Crippen molar-refractivity contribution in [3.8, 4) is 11.5 Å². The van der Waals surface area contributed by atoms with Crippen LogP contribution in [-0.4, -0.2) is 41.9 Å². The SMILES string of the molecule is CC1CCC2(CC1)OCC(C(=O)NCc1ccc3c(c1)OCO3)N2C(=O)C1CCCC1. The molecule has 1 atom stereocenters. The summed E-state index contributed by atoms with van der Waals surface area (Å²) in [7, 11) is 0. The molecule has 7 heteroatoms. The second-order valence-corrected chi connectivity index (χ2v) is 9.55. The first-order chi connectivity index (χ1) is 15.1. The van der Waals surface area contributed by atoms with Gasteiger partial charge in [-0.25, -0.2) is 0 Å². The van der Waals surface area contributed by atoms with Gasteiger partial charge in [0.25, 0.3) is 0 Å². The van der Waals surface area contributed by atoms with Gasteiger partial charge in [-0.2, -0.15) is 0 Å². The molecule has 1 unspecified atom stereocenters. The smallest absolute Gasteiger partial charge is 0.245 e. The lowest BCUT2D eigenvalue weighted by atomic mass is 9.83. The highest BCUT2D eigenvalue weighted by molar-refractivity contribution is 5.89. The molecule has 2 aliphatic carbocycles. The third kappa shape index (κ3) is 3.88. The Morgan fingerprint density at radius 1 is 1.10 bits per heavy atom. The predicted molar refractivity (Wildman–Crippen MR) is 113 cm³/mol. The van der Waals surface area contributed by atoms with Gasteiger partial charge in [-0.1, -0.05) is 25.8 Å². The first-order valence-corrected chi connectivity index (χ1v) is 11.7. The zero-order chi connectivity index (χ0) is 21.4. The molecule has 168 valence electrons. The van der Waals surface area contributed by atoms with Gasteiger partial charge in [0.15, 0.2) is 11.5 Å². The summed E-state index contributed by atoms with van der Waals surface area (Å²) in [5, 5.41) is 3.03. The Balaban J connectivity index is 1.31. The second-order valence-electron chi connectivity index (χ2n) is 9.55. The lowest BCUT2D eigenvalue weighted by Gasteiger charge is -2.43. The quantitative estimate of drug-likeness (QED) is 0.796. The molecule has 1 aromatic carbocycles. The summed E-state index contributed by atoms with van der Waals surface area (Å²) in [5.41, 5.74) is 0.332. The fourth-order valence-corrected chi connectivity index (χ4v) is 5.54. The standard InChI is InChI=1S/C24H32N2O5/c1-16-8-10-24(11-9-16)26(23(28)18-4-2-3-5-18)19(14-31-24)22(27)25-13-17-6-7-20-21(12-17)30-15-29-20/h6-7,12,16,18-19H,2-5,8-11,13-15H2,1H3,(H,25,27). The maximum Gasteiger partial charge on any atom is 0.245 e. The largest absolute Gasteiger partial charge is 0.454 e. The summed E-state index contributed by atoms with van der Waals surface area (Å²) in [6, 6.07) is 5.11. The van der Waals surface area contributed by atoms with Crippen LogP contribution in [0.25, 0.3) is 0 Å². The van der Waals surface area contributed by atoms with E-state index in [9.17, 15) is 9.59 Å². The lowest BCUT2D eigenvalue weighted by molar-refractivity contribution is -0.165. The van der Waals surface area contributed by atoms with Crippen LogP contribution in [0.1, 0.15) is 63.9 Å². The molecule has 2 heterocycles. The van der Waals surface area contributed by atoms with Crippen LogP contribution in [0.15, 0.2) is 18.2 Å². The Labute approximate surface area is 183 Å². The average Bonchev–Trinajstić information content (AvgIpc) is 3.53. The number of fused-ring (bicyclic) bond motifs is 1. The van der Waals surface area contributed by atoms with Gasteiger partial charge in [-0.15, -0.1) is 0 Å². The van der Waals surface area contributed by atoms with Crippen LogP contribution in [0, 0.1) is 11.8 Å². The Kier molecular flexibility index (Phi) is 5.54. The lowest BCUT2D eigenvalue weighted by Crippen LogP contribution is -2.58. The third-order valence-corrected chi connectivity index (χ3v) is 7.46. The van der Waals surface area contributed by atoms with Crippen molar-refractivity contribution in [1.82, 2.24) is 10.2 Å². The van der Waals surface area contributed by atoms with Gasteiger partial charge in [0.05, 0.1) is 6.61 Å². The molecule has 4 aliphatic rings. The summed E-state index contributed by atoms with van der Waals surface area (Å²) >= 11 is 0. The molecule has 2 amide bonds. The average molecular weight is 429 g/mol. The van der Waals surface area contributed by atoms with E-state index in [1.165, 1.54) is 0 Å². The van der Waals surface area contributed by atoms with Crippen molar-refractivity contribution in [3.05, 3.63) is 23.8 Å². The molecular weight excluding hydrogens is 396 g/mol. The van der Waals surface area contributed by atoms with Gasteiger partial charge in [-0.3, -0.25) is 14.5 Å². The highest BCUT2D eigenvalue weighted by Crippen LogP contribution is 2.44. The zero-order valence-corrected chi connectivity index (χ0v) is 18.2. The minimum atomic E-state index is -0.604. The van der Waals surface area contributed by atoms with E-state index in [4.69, 9.17) is 14.2 Å². The maximum atomic E-state index is 13.6. The summed E-state index contributed by atoms with van der Waals surface area (Å²) in [6.45, 7) is 3.13. The molecule has 1 spiro atoms. The summed E-state index contributed by atoms with van der Waals surface area (Å²) < 4.78 is 17.1. The fraction of sp³-hybridized carbons (Fsp3) is 0.667. The van der Waals surface area contributed by atoms with E-state index in [0.717, 1.165) is 62.7 Å². The second kappa shape index (κ2) is 8.34. The molecule has 2 aliphatic heterocycles. The van der Waals surface area contributed by atoms with Crippen LogP contribution in [0.3, 0.4) is 0 Å². The molecular formula is C24H32N2O5. The number of nitrogens with one attached hydrogen (secondary N) is 1. The summed E-state index contributed by atoms with van der Waals surface area (Å²) in [5.74, 6) is 2.07. The Morgan fingerprint density at radius 3 is 2.61 bits per heavy atom. The normalized spacial score (nSPS) is 30.2. The summed E-state index contributed by atoms with van der Waals surface area (Å²) in [6.07, 6.45) is 7.73. The monoisotopic (exact) mass is 428 g/mol. The molecule has 7 nitrogen and oxygen atoms in total. The van der Waals surface area contributed by atoms with Crippen molar-refractivity contribution in [2.75, 3.05) is 13.4 Å². The predicted octanol–water partition coefficient (Wildman–Crippen LogP) is 3.36. The van der Waals surface area contributed by atoms with Gasteiger partial charge >= 0.3 is 0 Å². The summed E-state index contributed by atoms with van der Waals surface area (Å²) in [4.78, 5) is 28.6. The van der Waals surface area contributed by atoms with Crippen LogP contribution >= 0.6 is 0 Å². The Hall–Kier alpha value is -2.28. The topological polar surface area (TPSA) is 77.1 Å². The van der Waals surface area contributed by atoms with Gasteiger partial charge in [0.1, 0.15) is 11.8 Å². The number of amides is 2. The van der Waals surface area contributed by atoms with Crippen LogP contribution in [-0.2, 0) is 20.9 Å². The number of hydrogen-bond acceptors (Lipinski definition) is 5. The third-order valence-electron chi connectivity index (χ3n) is 7.46. The van der Waals surface area contributed by atoms with Crippen molar-refractivity contribution in [2.24, 2.45) is 11.8 Å². The van der Waals surface area contributed by atoms with E-state index < -0.39 is 11.8 Å². The van der Waals surface area contributed by atoms with Crippen LogP contribution < -0.4 is 14.8 Å². The Morgan fingerprint density at radius 2 is 1.84 bits per heavy atom. The van der Waals surface area contributed by atoms with Crippen LogP contribution in [0.4, 0.5) is 0 Å². The minimum Gasteiger partial charge on any atom is -0.454 e. The van der Waals surface area contributed by atoms with Crippen molar-refractivity contribution < 1.29 is 23.8 Å². The van der Waals surface area contributed by atoms with Crippen LogP contribution in [0.2, 0.25) is 0 Å². The number of nitrogens with zero attached hydrogens (tertiary/aromatic N) is 1. The molecule has 1 N–H and O–H groups in total. The molecule has 1 saturated heterocycles. The number of rotatable bonds is 4. The molecule has 0 bridgehead atoms. The fourth-order valence-electron chi connectivity index (χ4n) is 5.54. The molecule has 3 fully saturated rings. The molecule has 0 aromatic heterocycles. The van der Waals surface area contributed by atoms with Crippen molar-refractivity contribution in [3.63, 3.8) is 0 Å². The van der Waals surface area contributed by atoms with Crippen molar-refractivity contribution in [1.29, 1.82) is 0 Å². The van der Waals surface area contributed by atoms with Gasteiger partial charge in [0.2, 0.25) is 18.6 Å². The Bertz CT molecular complexity index is 842. The first kappa shape index (κ1) is 20.6. The maximum absolute atomic E-state index is 13.6. The highest BCUT2D eigenvalue weighted by atomic mass is 16.7. The minimum absolute atomic E-state index is 0.0297. The number of hydrogen-bond donors (Lipinski definition) is 1. The number of benzene rings is 1. The van der Waals surface area contributed by atoms with E-state index in [-0.39, 0.29) is 31.1 Å². The van der Waals surface area contributed by atoms with E-state index >= 15 is 0 Å². The molecule has 2 saturated carbocycles. The van der Waals surface area contributed by atoms with E-state index in [0.29, 0.717) is 18.2 Å². The number of carbonyl (C=O) groups is 2. The number of ether oxygens (including phenoxy) is 3. The van der Waals surface area contributed by atoms with Gasteiger partial charge in [0, 0.05) is 12.5 Å². The van der Waals surface area contributed by atoms with E-state index in [1.807, 2.05) is 23.1 Å².